The van der Waals surface area contributed by atoms with E-state index in [2.05, 4.69) is 19.2 Å². The first-order valence-corrected chi connectivity index (χ1v) is 5.55. The predicted molar refractivity (Wildman–Crippen MR) is 62.9 cm³/mol. The number of aryl methyl sites for hydroxylation is 1. The van der Waals surface area contributed by atoms with Crippen molar-refractivity contribution in [3.63, 3.8) is 0 Å². The van der Waals surface area contributed by atoms with E-state index in [9.17, 15) is 9.18 Å². The van der Waals surface area contributed by atoms with Gasteiger partial charge in [-0.05, 0) is 30.9 Å². The highest BCUT2D eigenvalue weighted by atomic mass is 19.1. The van der Waals surface area contributed by atoms with Gasteiger partial charge in [-0.25, -0.2) is 4.39 Å². The van der Waals surface area contributed by atoms with E-state index in [1.807, 2.05) is 0 Å². The molecule has 0 atom stereocenters. The van der Waals surface area contributed by atoms with E-state index in [4.69, 9.17) is 0 Å². The van der Waals surface area contributed by atoms with Crippen LogP contribution in [0.4, 0.5) is 4.39 Å². The predicted octanol–water partition coefficient (Wildman–Crippen LogP) is 2.91. The first-order valence-electron chi connectivity index (χ1n) is 5.55. The summed E-state index contributed by atoms with van der Waals surface area (Å²) in [7, 11) is 0. The number of amides is 1. The van der Waals surface area contributed by atoms with E-state index in [-0.39, 0.29) is 11.5 Å². The topological polar surface area (TPSA) is 29.1 Å². The highest BCUT2D eigenvalue weighted by Gasteiger charge is 2.12. The zero-order valence-corrected chi connectivity index (χ0v) is 10.0. The van der Waals surface area contributed by atoms with Crippen LogP contribution in [0.15, 0.2) is 18.2 Å². The number of carbonyl (C=O) groups excluding carboxylic acids is 1. The lowest BCUT2D eigenvalue weighted by Gasteiger charge is -2.08. The summed E-state index contributed by atoms with van der Waals surface area (Å²) in [5, 5.41) is 2.72. The van der Waals surface area contributed by atoms with Crippen LogP contribution in [0.2, 0.25) is 0 Å². The molecular weight excluding hydrogens is 205 g/mol. The van der Waals surface area contributed by atoms with E-state index in [1.165, 1.54) is 6.07 Å². The average Bonchev–Trinajstić information content (AvgIpc) is 2.21. The molecule has 0 heterocycles. The molecule has 0 spiro atoms. The van der Waals surface area contributed by atoms with Crippen molar-refractivity contribution in [2.24, 2.45) is 5.92 Å². The molecule has 88 valence electrons. The molecule has 0 fully saturated rings. The lowest BCUT2D eigenvalue weighted by molar-refractivity contribution is 0.0948. The second-order valence-electron chi connectivity index (χ2n) is 4.37. The smallest absolute Gasteiger partial charge is 0.254 e. The number of hydrogen-bond donors (Lipinski definition) is 1. The summed E-state index contributed by atoms with van der Waals surface area (Å²) < 4.78 is 13.6. The molecule has 1 amide bonds. The van der Waals surface area contributed by atoms with Crippen LogP contribution in [0.25, 0.3) is 0 Å². The van der Waals surface area contributed by atoms with Gasteiger partial charge in [-0.15, -0.1) is 0 Å². The van der Waals surface area contributed by atoms with Gasteiger partial charge in [0.15, 0.2) is 0 Å². The van der Waals surface area contributed by atoms with Gasteiger partial charge in [-0.1, -0.05) is 26.0 Å². The SMILES string of the molecule is Cc1cccc(C(=O)NCCC(C)C)c1F. The molecule has 2 nitrogen and oxygen atoms in total. The number of carbonyl (C=O) groups is 1. The number of halogens is 1. The summed E-state index contributed by atoms with van der Waals surface area (Å²) in [5.74, 6) is -0.228. The lowest BCUT2D eigenvalue weighted by Crippen LogP contribution is -2.26. The van der Waals surface area contributed by atoms with Crippen molar-refractivity contribution in [3.8, 4) is 0 Å². The molecule has 0 bridgehead atoms. The molecule has 0 saturated heterocycles. The lowest BCUT2D eigenvalue weighted by atomic mass is 10.1. The molecule has 3 heteroatoms. The molecular formula is C13H18FNO. The van der Waals surface area contributed by atoms with Gasteiger partial charge in [0.05, 0.1) is 5.56 Å². The van der Waals surface area contributed by atoms with Crippen LogP contribution < -0.4 is 5.32 Å². The molecule has 1 aromatic carbocycles. The first kappa shape index (κ1) is 12.7. The van der Waals surface area contributed by atoms with Gasteiger partial charge in [0.25, 0.3) is 5.91 Å². The standard InChI is InChI=1S/C13H18FNO/c1-9(2)7-8-15-13(16)11-6-4-5-10(3)12(11)14/h4-6,9H,7-8H2,1-3H3,(H,15,16). The van der Waals surface area contributed by atoms with Crippen LogP contribution in [0.1, 0.15) is 36.2 Å². The highest BCUT2D eigenvalue weighted by Crippen LogP contribution is 2.11. The van der Waals surface area contributed by atoms with Gasteiger partial charge in [0.2, 0.25) is 0 Å². The summed E-state index contributed by atoms with van der Waals surface area (Å²) in [6.45, 7) is 6.41. The second-order valence-corrected chi connectivity index (χ2v) is 4.37. The Balaban J connectivity index is 2.63. The van der Waals surface area contributed by atoms with Crippen molar-refractivity contribution in [1.29, 1.82) is 0 Å². The van der Waals surface area contributed by atoms with Crippen molar-refractivity contribution < 1.29 is 9.18 Å². The van der Waals surface area contributed by atoms with Gasteiger partial charge in [0.1, 0.15) is 5.82 Å². The van der Waals surface area contributed by atoms with E-state index < -0.39 is 5.82 Å². The number of benzene rings is 1. The third kappa shape index (κ3) is 3.33. The minimum Gasteiger partial charge on any atom is -0.352 e. The Labute approximate surface area is 95.9 Å². The zero-order valence-electron chi connectivity index (χ0n) is 10.0. The summed E-state index contributed by atoms with van der Waals surface area (Å²) in [6.07, 6.45) is 0.902. The van der Waals surface area contributed by atoms with Crippen LogP contribution in [0, 0.1) is 18.7 Å². The van der Waals surface area contributed by atoms with Gasteiger partial charge >= 0.3 is 0 Å². The minimum absolute atomic E-state index is 0.128. The molecule has 0 aliphatic heterocycles. The number of hydrogen-bond acceptors (Lipinski definition) is 1. The van der Waals surface area contributed by atoms with Crippen molar-refractivity contribution >= 4 is 5.91 Å². The van der Waals surface area contributed by atoms with Crippen molar-refractivity contribution in [1.82, 2.24) is 5.32 Å². The van der Waals surface area contributed by atoms with Crippen LogP contribution in [0.3, 0.4) is 0 Å². The Hall–Kier alpha value is -1.38. The van der Waals surface area contributed by atoms with Crippen LogP contribution in [0.5, 0.6) is 0 Å². The Morgan fingerprint density at radius 2 is 2.12 bits per heavy atom. The number of rotatable bonds is 4. The highest BCUT2D eigenvalue weighted by molar-refractivity contribution is 5.94. The van der Waals surface area contributed by atoms with E-state index in [1.54, 1.807) is 19.1 Å². The molecule has 0 radical (unpaired) electrons. The third-order valence-corrected chi connectivity index (χ3v) is 2.44. The molecule has 0 aliphatic carbocycles. The molecule has 1 N–H and O–H groups in total. The van der Waals surface area contributed by atoms with E-state index in [0.29, 0.717) is 18.0 Å². The quantitative estimate of drug-likeness (QED) is 0.835. The number of nitrogens with one attached hydrogen (secondary N) is 1. The van der Waals surface area contributed by atoms with E-state index in [0.717, 1.165) is 6.42 Å². The molecule has 1 aromatic rings. The third-order valence-electron chi connectivity index (χ3n) is 2.44. The van der Waals surface area contributed by atoms with Gasteiger partial charge in [0, 0.05) is 6.54 Å². The van der Waals surface area contributed by atoms with Crippen molar-refractivity contribution in [2.45, 2.75) is 27.2 Å². The normalized spacial score (nSPS) is 10.6. The van der Waals surface area contributed by atoms with Gasteiger partial charge in [-0.3, -0.25) is 4.79 Å². The van der Waals surface area contributed by atoms with Crippen molar-refractivity contribution in [2.75, 3.05) is 6.54 Å². The molecule has 0 aliphatic rings. The maximum Gasteiger partial charge on any atom is 0.254 e. The molecule has 16 heavy (non-hydrogen) atoms. The maximum absolute atomic E-state index is 13.6. The molecule has 0 aromatic heterocycles. The zero-order chi connectivity index (χ0) is 12.1. The van der Waals surface area contributed by atoms with Crippen LogP contribution >= 0.6 is 0 Å². The van der Waals surface area contributed by atoms with Gasteiger partial charge in [-0.2, -0.15) is 0 Å². The fourth-order valence-corrected chi connectivity index (χ4v) is 1.39. The minimum atomic E-state index is -0.426. The molecule has 0 saturated carbocycles. The maximum atomic E-state index is 13.6. The fourth-order valence-electron chi connectivity index (χ4n) is 1.39. The largest absolute Gasteiger partial charge is 0.352 e. The second kappa shape index (κ2) is 5.64. The summed E-state index contributed by atoms with van der Waals surface area (Å²) in [5.41, 5.74) is 0.625. The monoisotopic (exact) mass is 223 g/mol. The van der Waals surface area contributed by atoms with E-state index >= 15 is 0 Å². The fraction of sp³-hybridized carbons (Fsp3) is 0.462. The molecule has 1 rings (SSSR count). The molecule has 0 unspecified atom stereocenters. The Kier molecular flexibility index (Phi) is 4.47. The summed E-state index contributed by atoms with van der Waals surface area (Å²) in [6, 6.07) is 4.85. The van der Waals surface area contributed by atoms with Crippen molar-refractivity contribution in [3.05, 3.63) is 35.1 Å². The Morgan fingerprint density at radius 1 is 1.44 bits per heavy atom. The Morgan fingerprint density at radius 3 is 2.75 bits per heavy atom. The summed E-state index contributed by atoms with van der Waals surface area (Å²) in [4.78, 5) is 11.6. The first-order chi connectivity index (χ1) is 7.52. The van der Waals surface area contributed by atoms with Gasteiger partial charge < -0.3 is 5.32 Å². The summed E-state index contributed by atoms with van der Waals surface area (Å²) >= 11 is 0. The Bertz CT molecular complexity index is 374. The van der Waals surface area contributed by atoms with Crippen LogP contribution in [-0.2, 0) is 0 Å². The van der Waals surface area contributed by atoms with Crippen LogP contribution in [-0.4, -0.2) is 12.5 Å². The average molecular weight is 223 g/mol.